The maximum absolute atomic E-state index is 12.2. The highest BCUT2D eigenvalue weighted by Gasteiger charge is 2.22. The van der Waals surface area contributed by atoms with Crippen molar-refractivity contribution in [3.63, 3.8) is 0 Å². The molecule has 1 amide bonds. The van der Waals surface area contributed by atoms with Crippen molar-refractivity contribution < 1.29 is 13.7 Å². The molecule has 1 aliphatic heterocycles. The number of hydrogen-bond donors (Lipinski definition) is 2. The van der Waals surface area contributed by atoms with Gasteiger partial charge >= 0.3 is 0 Å². The molecule has 0 spiro atoms. The molecule has 1 saturated heterocycles. The van der Waals surface area contributed by atoms with Gasteiger partial charge in [-0.25, -0.2) is 19.2 Å². The van der Waals surface area contributed by atoms with Gasteiger partial charge in [-0.2, -0.15) is 4.36 Å². The third-order valence-corrected chi connectivity index (χ3v) is 4.66. The number of anilines is 2. The molecule has 1 aliphatic rings. The fraction of sp³-hybridized carbons (Fsp3) is 0.412. The van der Waals surface area contributed by atoms with Gasteiger partial charge in [-0.05, 0) is 19.1 Å². The van der Waals surface area contributed by atoms with Crippen LogP contribution in [0.1, 0.15) is 17.4 Å². The average molecular weight is 405 g/mol. The molecule has 3 rings (SSSR count). The first kappa shape index (κ1) is 20.0. The van der Waals surface area contributed by atoms with Gasteiger partial charge in [0.05, 0.1) is 19.3 Å². The van der Waals surface area contributed by atoms with Crippen molar-refractivity contribution in [1.29, 1.82) is 0 Å². The maximum Gasteiger partial charge on any atom is 0.267 e. The number of amides is 1. The molecule has 4 N–H and O–H groups in total. The third kappa shape index (κ3) is 4.73. The number of carbonyl (C=O) groups excluding carboxylic acids is 1. The molecule has 1 fully saturated rings. The number of morpholine rings is 1. The SMILES string of the molecule is C[C@@H]1COCCN1c1cc(N=S(C)(C)=O)nc(-c2cc(N)nc(C(N)=O)c2)n1. The smallest absolute Gasteiger partial charge is 0.267 e. The molecule has 3 heterocycles. The number of nitrogens with two attached hydrogens (primary N) is 2. The van der Waals surface area contributed by atoms with E-state index in [1.165, 1.54) is 18.6 Å². The molecule has 0 radical (unpaired) electrons. The quantitative estimate of drug-likeness (QED) is 0.758. The average Bonchev–Trinajstić information content (AvgIpc) is 2.59. The zero-order valence-electron chi connectivity index (χ0n) is 16.0. The van der Waals surface area contributed by atoms with E-state index in [2.05, 4.69) is 24.2 Å². The van der Waals surface area contributed by atoms with Gasteiger partial charge in [0.15, 0.2) is 11.6 Å². The number of hydrogen-bond acceptors (Lipinski definition) is 9. The molecule has 2 aromatic rings. The van der Waals surface area contributed by atoms with Crippen molar-refractivity contribution >= 4 is 33.1 Å². The van der Waals surface area contributed by atoms with Crippen LogP contribution < -0.4 is 16.4 Å². The van der Waals surface area contributed by atoms with Crippen LogP contribution in [0.5, 0.6) is 0 Å². The number of rotatable bonds is 4. The van der Waals surface area contributed by atoms with Crippen LogP contribution in [0.3, 0.4) is 0 Å². The van der Waals surface area contributed by atoms with Crippen LogP contribution in [-0.4, -0.2) is 63.4 Å². The van der Waals surface area contributed by atoms with Crippen LogP contribution in [0.2, 0.25) is 0 Å². The van der Waals surface area contributed by atoms with Crippen LogP contribution >= 0.6 is 0 Å². The third-order valence-electron chi connectivity index (χ3n) is 4.03. The summed E-state index contributed by atoms with van der Waals surface area (Å²) in [6.45, 7) is 3.81. The van der Waals surface area contributed by atoms with Gasteiger partial charge in [0, 0.05) is 40.4 Å². The lowest BCUT2D eigenvalue weighted by Crippen LogP contribution is -2.44. The Hall–Kier alpha value is -2.79. The monoisotopic (exact) mass is 405 g/mol. The highest BCUT2D eigenvalue weighted by Crippen LogP contribution is 2.27. The number of primary amides is 1. The van der Waals surface area contributed by atoms with Crippen LogP contribution in [0.25, 0.3) is 11.4 Å². The summed E-state index contributed by atoms with van der Waals surface area (Å²) < 4.78 is 21.9. The predicted octanol–water partition coefficient (Wildman–Crippen LogP) is 0.804. The van der Waals surface area contributed by atoms with Crippen molar-refractivity contribution in [2.24, 2.45) is 10.1 Å². The number of pyridine rings is 1. The molecule has 1 atom stereocenters. The largest absolute Gasteiger partial charge is 0.384 e. The highest BCUT2D eigenvalue weighted by molar-refractivity contribution is 7.92. The number of nitrogens with zero attached hydrogens (tertiary/aromatic N) is 5. The summed E-state index contributed by atoms with van der Waals surface area (Å²) in [7, 11) is -2.44. The second-order valence-corrected chi connectivity index (χ2v) is 9.37. The highest BCUT2D eigenvalue weighted by atomic mass is 32.2. The predicted molar refractivity (Wildman–Crippen MR) is 108 cm³/mol. The second kappa shape index (κ2) is 7.68. The van der Waals surface area contributed by atoms with E-state index in [0.717, 1.165) is 0 Å². The fourth-order valence-electron chi connectivity index (χ4n) is 2.85. The summed E-state index contributed by atoms with van der Waals surface area (Å²) in [5, 5.41) is 0. The van der Waals surface area contributed by atoms with Crippen LogP contribution in [0.15, 0.2) is 22.6 Å². The standard InChI is InChI=1S/C17H23N7O3S/c1-10-9-27-5-4-24(10)15-8-14(23-28(2,3)26)21-17(22-15)11-6-12(16(19)25)20-13(18)7-11/h6-8,10H,4-5,9H2,1-3H3,(H2,18,20)(H2,19,25)/t10-/m1/s1. The normalized spacial score (nSPS) is 17.4. The molecular formula is C17H23N7O3S. The number of aromatic nitrogens is 3. The minimum atomic E-state index is -2.44. The van der Waals surface area contributed by atoms with Gasteiger partial charge in [-0.3, -0.25) is 4.79 Å². The Labute approximate surface area is 163 Å². The molecule has 28 heavy (non-hydrogen) atoms. The first-order chi connectivity index (χ1) is 13.1. The molecule has 0 saturated carbocycles. The minimum absolute atomic E-state index is 0.0111. The second-order valence-electron chi connectivity index (χ2n) is 6.83. The minimum Gasteiger partial charge on any atom is -0.384 e. The molecule has 10 nitrogen and oxygen atoms in total. The van der Waals surface area contributed by atoms with Crippen LogP contribution in [0.4, 0.5) is 17.5 Å². The van der Waals surface area contributed by atoms with Gasteiger partial charge < -0.3 is 21.1 Å². The molecule has 150 valence electrons. The maximum atomic E-state index is 12.2. The van der Waals surface area contributed by atoms with Gasteiger partial charge in [0.1, 0.15) is 17.3 Å². The Morgan fingerprint density at radius 3 is 2.68 bits per heavy atom. The number of ether oxygens (including phenoxy) is 1. The van der Waals surface area contributed by atoms with E-state index in [1.807, 2.05) is 6.92 Å². The summed E-state index contributed by atoms with van der Waals surface area (Å²) in [4.78, 5) is 26.5. The Bertz CT molecular complexity index is 1030. The van der Waals surface area contributed by atoms with Crippen molar-refractivity contribution in [1.82, 2.24) is 15.0 Å². The summed E-state index contributed by atoms with van der Waals surface area (Å²) in [5.41, 5.74) is 11.6. The fourth-order valence-corrected chi connectivity index (χ4v) is 3.39. The first-order valence-electron chi connectivity index (χ1n) is 8.61. The molecule has 2 aromatic heterocycles. The molecule has 0 aliphatic carbocycles. The topological polar surface area (TPSA) is 150 Å². The van der Waals surface area contributed by atoms with E-state index in [0.29, 0.717) is 31.1 Å². The molecule has 11 heteroatoms. The van der Waals surface area contributed by atoms with E-state index in [1.54, 1.807) is 12.1 Å². The van der Waals surface area contributed by atoms with Crippen LogP contribution in [-0.2, 0) is 14.5 Å². The lowest BCUT2D eigenvalue weighted by atomic mass is 10.2. The Morgan fingerprint density at radius 1 is 1.29 bits per heavy atom. The van der Waals surface area contributed by atoms with Crippen molar-refractivity contribution in [3.05, 3.63) is 23.9 Å². The lowest BCUT2D eigenvalue weighted by molar-refractivity contribution is 0.0985. The van der Waals surface area contributed by atoms with Crippen molar-refractivity contribution in [2.75, 3.05) is 42.9 Å². The molecular weight excluding hydrogens is 382 g/mol. The van der Waals surface area contributed by atoms with E-state index in [-0.39, 0.29) is 29.2 Å². The van der Waals surface area contributed by atoms with Crippen molar-refractivity contribution in [3.8, 4) is 11.4 Å². The Balaban J connectivity index is 2.18. The van der Waals surface area contributed by atoms with E-state index in [4.69, 9.17) is 16.2 Å². The Morgan fingerprint density at radius 2 is 2.04 bits per heavy atom. The first-order valence-corrected chi connectivity index (χ1v) is 10.9. The lowest BCUT2D eigenvalue weighted by Gasteiger charge is -2.34. The van der Waals surface area contributed by atoms with Crippen molar-refractivity contribution in [2.45, 2.75) is 13.0 Å². The summed E-state index contributed by atoms with van der Waals surface area (Å²) in [5.74, 6) is 0.606. The van der Waals surface area contributed by atoms with Gasteiger partial charge in [0.2, 0.25) is 0 Å². The molecule has 0 bridgehead atoms. The Kier molecular flexibility index (Phi) is 5.47. The van der Waals surface area contributed by atoms with Crippen LogP contribution in [0, 0.1) is 0 Å². The number of nitrogen functional groups attached to an aromatic ring is 1. The van der Waals surface area contributed by atoms with Gasteiger partial charge in [-0.15, -0.1) is 0 Å². The number of carbonyl (C=O) groups is 1. The summed E-state index contributed by atoms with van der Waals surface area (Å²) in [6.07, 6.45) is 3.06. The van der Waals surface area contributed by atoms with E-state index in [9.17, 15) is 9.00 Å². The molecule has 0 aromatic carbocycles. The summed E-state index contributed by atoms with van der Waals surface area (Å²) >= 11 is 0. The van der Waals surface area contributed by atoms with Gasteiger partial charge in [-0.1, -0.05) is 0 Å². The van der Waals surface area contributed by atoms with E-state index >= 15 is 0 Å². The van der Waals surface area contributed by atoms with E-state index < -0.39 is 15.6 Å². The van der Waals surface area contributed by atoms with Gasteiger partial charge in [0.25, 0.3) is 5.91 Å². The summed E-state index contributed by atoms with van der Waals surface area (Å²) in [6, 6.07) is 4.81. The molecule has 0 unspecified atom stereocenters. The zero-order chi connectivity index (χ0) is 20.5. The zero-order valence-corrected chi connectivity index (χ0v) is 16.8.